The highest BCUT2D eigenvalue weighted by atomic mass is 15.1. The van der Waals surface area contributed by atoms with Crippen molar-refractivity contribution in [1.82, 2.24) is 0 Å². The molecule has 3 heteroatoms. The maximum Gasteiger partial charge on any atom is 0.0448 e. The van der Waals surface area contributed by atoms with E-state index in [9.17, 15) is 0 Å². The molecule has 0 fully saturated rings. The van der Waals surface area contributed by atoms with Gasteiger partial charge in [-0.05, 0) is 23.9 Å². The van der Waals surface area contributed by atoms with Crippen LogP contribution in [0.1, 0.15) is 12.0 Å². The molecule has 3 nitrogen and oxygen atoms in total. The molecule has 0 saturated carbocycles. The summed E-state index contributed by atoms with van der Waals surface area (Å²) in [5.41, 5.74) is 9.55. The molecule has 1 aromatic carbocycles. The van der Waals surface area contributed by atoms with Gasteiger partial charge in [0.15, 0.2) is 0 Å². The zero-order valence-corrected chi connectivity index (χ0v) is 8.00. The van der Waals surface area contributed by atoms with Crippen LogP contribution in [0.15, 0.2) is 48.1 Å². The quantitative estimate of drug-likeness (QED) is 0.293. The lowest BCUT2D eigenvalue weighted by Crippen LogP contribution is -2.05. The molecule has 0 aliphatic heterocycles. The summed E-state index contributed by atoms with van der Waals surface area (Å²) in [7, 11) is 0. The van der Waals surface area contributed by atoms with E-state index in [-0.39, 0.29) is 6.04 Å². The molecule has 0 radical (unpaired) electrons. The fourth-order valence-corrected chi connectivity index (χ4v) is 1.32. The SMILES string of the molecule is C=CCC(Cc1ccccc1)N=[N+]=[N-]. The van der Waals surface area contributed by atoms with Crippen LogP contribution in [0.4, 0.5) is 0 Å². The van der Waals surface area contributed by atoms with Crippen LogP contribution in [-0.4, -0.2) is 6.04 Å². The lowest BCUT2D eigenvalue weighted by atomic mass is 10.0. The minimum atomic E-state index is -0.0140. The summed E-state index contributed by atoms with van der Waals surface area (Å²) in [4.78, 5) is 2.83. The smallest absolute Gasteiger partial charge is 0.0448 e. The Hall–Kier alpha value is -1.73. The van der Waals surface area contributed by atoms with Gasteiger partial charge in [-0.2, -0.15) is 0 Å². The predicted octanol–water partition coefficient (Wildman–Crippen LogP) is 3.48. The number of azide groups is 1. The molecule has 0 aliphatic carbocycles. The van der Waals surface area contributed by atoms with Crippen LogP contribution >= 0.6 is 0 Å². The van der Waals surface area contributed by atoms with E-state index in [0.717, 1.165) is 12.8 Å². The van der Waals surface area contributed by atoms with Gasteiger partial charge in [0, 0.05) is 11.0 Å². The summed E-state index contributed by atoms with van der Waals surface area (Å²) in [6.07, 6.45) is 3.28. The zero-order chi connectivity index (χ0) is 10.2. The van der Waals surface area contributed by atoms with Gasteiger partial charge in [0.25, 0.3) is 0 Å². The van der Waals surface area contributed by atoms with Crippen LogP contribution in [0.25, 0.3) is 10.4 Å². The summed E-state index contributed by atoms with van der Waals surface area (Å²) in [5.74, 6) is 0. The second-order valence-corrected chi connectivity index (χ2v) is 3.07. The van der Waals surface area contributed by atoms with Crippen molar-refractivity contribution in [3.05, 3.63) is 59.0 Å². The average Bonchev–Trinajstić information content (AvgIpc) is 2.20. The molecule has 0 N–H and O–H groups in total. The number of benzene rings is 1. The van der Waals surface area contributed by atoms with Crippen LogP contribution < -0.4 is 0 Å². The van der Waals surface area contributed by atoms with Gasteiger partial charge in [0.1, 0.15) is 0 Å². The number of rotatable bonds is 5. The molecule has 1 unspecified atom stereocenters. The van der Waals surface area contributed by atoms with Gasteiger partial charge in [-0.3, -0.25) is 0 Å². The molecule has 0 saturated heterocycles. The number of nitrogens with zero attached hydrogens (tertiary/aromatic N) is 3. The first-order valence-electron chi connectivity index (χ1n) is 4.56. The van der Waals surface area contributed by atoms with Crippen molar-refractivity contribution in [1.29, 1.82) is 0 Å². The van der Waals surface area contributed by atoms with Crippen LogP contribution in [0, 0.1) is 0 Å². The Labute approximate surface area is 83.7 Å². The second kappa shape index (κ2) is 5.84. The van der Waals surface area contributed by atoms with E-state index < -0.39 is 0 Å². The van der Waals surface area contributed by atoms with Crippen LogP contribution in [0.2, 0.25) is 0 Å². The molecule has 14 heavy (non-hydrogen) atoms. The summed E-state index contributed by atoms with van der Waals surface area (Å²) in [6, 6.07) is 9.98. The fourth-order valence-electron chi connectivity index (χ4n) is 1.32. The molecule has 0 aromatic heterocycles. The first kappa shape index (κ1) is 10.4. The van der Waals surface area contributed by atoms with Gasteiger partial charge >= 0.3 is 0 Å². The minimum Gasteiger partial charge on any atom is -0.103 e. The van der Waals surface area contributed by atoms with Gasteiger partial charge in [0.05, 0.1) is 0 Å². The number of hydrogen-bond acceptors (Lipinski definition) is 1. The molecular weight excluding hydrogens is 174 g/mol. The third-order valence-corrected chi connectivity index (χ3v) is 1.97. The Balaban J connectivity index is 2.64. The van der Waals surface area contributed by atoms with E-state index in [2.05, 4.69) is 16.6 Å². The van der Waals surface area contributed by atoms with Gasteiger partial charge in [0.2, 0.25) is 0 Å². The minimum absolute atomic E-state index is 0.0140. The maximum atomic E-state index is 8.37. The fraction of sp³-hybridized carbons (Fsp3) is 0.273. The molecule has 0 heterocycles. The largest absolute Gasteiger partial charge is 0.103 e. The zero-order valence-electron chi connectivity index (χ0n) is 8.00. The summed E-state index contributed by atoms with van der Waals surface area (Å²) < 4.78 is 0. The standard InChI is InChI=1S/C11H13N3/c1-2-6-11(13-14-12)9-10-7-4-3-5-8-10/h2-5,7-8,11H,1,6,9H2. The van der Waals surface area contributed by atoms with E-state index in [0.29, 0.717) is 0 Å². The van der Waals surface area contributed by atoms with Gasteiger partial charge < -0.3 is 0 Å². The van der Waals surface area contributed by atoms with Crippen molar-refractivity contribution in [3.63, 3.8) is 0 Å². The van der Waals surface area contributed by atoms with Crippen LogP contribution in [0.5, 0.6) is 0 Å². The predicted molar refractivity (Wildman–Crippen MR) is 57.9 cm³/mol. The van der Waals surface area contributed by atoms with Crippen LogP contribution in [-0.2, 0) is 6.42 Å². The Morgan fingerprint density at radius 2 is 2.14 bits per heavy atom. The van der Waals surface area contributed by atoms with Crippen molar-refractivity contribution in [2.45, 2.75) is 18.9 Å². The summed E-state index contributed by atoms with van der Waals surface area (Å²) >= 11 is 0. The highest BCUT2D eigenvalue weighted by Gasteiger charge is 2.04. The molecule has 1 atom stereocenters. The van der Waals surface area contributed by atoms with Crippen molar-refractivity contribution >= 4 is 0 Å². The van der Waals surface area contributed by atoms with Crippen molar-refractivity contribution in [3.8, 4) is 0 Å². The lowest BCUT2D eigenvalue weighted by molar-refractivity contribution is 0.674. The molecule has 0 spiro atoms. The van der Waals surface area contributed by atoms with Crippen molar-refractivity contribution in [2.24, 2.45) is 5.11 Å². The second-order valence-electron chi connectivity index (χ2n) is 3.07. The van der Waals surface area contributed by atoms with E-state index in [1.807, 2.05) is 30.3 Å². The monoisotopic (exact) mass is 187 g/mol. The Morgan fingerprint density at radius 1 is 1.43 bits per heavy atom. The first-order valence-corrected chi connectivity index (χ1v) is 4.56. The van der Waals surface area contributed by atoms with E-state index >= 15 is 0 Å². The summed E-state index contributed by atoms with van der Waals surface area (Å²) in [6.45, 7) is 3.64. The van der Waals surface area contributed by atoms with Gasteiger partial charge in [-0.25, -0.2) is 0 Å². The van der Waals surface area contributed by atoms with Crippen molar-refractivity contribution < 1.29 is 0 Å². The first-order chi connectivity index (χ1) is 6.86. The molecule has 1 rings (SSSR count). The van der Waals surface area contributed by atoms with Gasteiger partial charge in [-0.15, -0.1) is 6.58 Å². The normalized spacial score (nSPS) is 11.4. The lowest BCUT2D eigenvalue weighted by Gasteiger charge is -2.07. The van der Waals surface area contributed by atoms with E-state index in [4.69, 9.17) is 5.53 Å². The van der Waals surface area contributed by atoms with E-state index in [1.165, 1.54) is 5.56 Å². The molecular formula is C11H13N3. The molecule has 1 aromatic rings. The molecule has 72 valence electrons. The third kappa shape index (κ3) is 3.33. The van der Waals surface area contributed by atoms with Crippen LogP contribution in [0.3, 0.4) is 0 Å². The Bertz CT molecular complexity index is 326. The topological polar surface area (TPSA) is 48.8 Å². The Kier molecular flexibility index (Phi) is 4.32. The summed E-state index contributed by atoms with van der Waals surface area (Å²) in [5, 5.41) is 3.72. The van der Waals surface area contributed by atoms with Gasteiger partial charge in [-0.1, -0.05) is 41.5 Å². The molecule has 0 amide bonds. The number of hydrogen-bond donors (Lipinski definition) is 0. The highest BCUT2D eigenvalue weighted by Crippen LogP contribution is 2.09. The van der Waals surface area contributed by atoms with Crippen molar-refractivity contribution in [2.75, 3.05) is 0 Å². The van der Waals surface area contributed by atoms with E-state index in [1.54, 1.807) is 6.08 Å². The molecule has 0 bridgehead atoms. The molecule has 0 aliphatic rings. The Morgan fingerprint density at radius 3 is 2.71 bits per heavy atom. The average molecular weight is 187 g/mol. The maximum absolute atomic E-state index is 8.37. The third-order valence-electron chi connectivity index (χ3n) is 1.97. The highest BCUT2D eigenvalue weighted by molar-refractivity contribution is 5.16.